The predicted molar refractivity (Wildman–Crippen MR) is 47.9 cm³/mol. The highest BCUT2D eigenvalue weighted by Crippen LogP contribution is 2.02. The fourth-order valence-corrected chi connectivity index (χ4v) is 0.731. The molecule has 0 amide bonds. The predicted octanol–water partition coefficient (Wildman–Crippen LogP) is -2.14. The molecule has 7 nitrogen and oxygen atoms in total. The molecule has 0 bridgehead atoms. The molecular formula is C8H16O7. The standard InChI is InChI=1S/C8H16O7/c1-13-2-3-14-15-7(5-10)8(12)6(11)4-9/h5-9,11-12H,2-4H2,1H3/t6-,7+,8-/m1/s1. The van der Waals surface area contributed by atoms with Gasteiger partial charge in [0, 0.05) is 7.11 Å². The van der Waals surface area contributed by atoms with E-state index in [2.05, 4.69) is 14.5 Å². The maximum absolute atomic E-state index is 10.4. The number of aldehydes is 1. The van der Waals surface area contributed by atoms with Crippen LogP contribution in [0, 0.1) is 0 Å². The zero-order valence-corrected chi connectivity index (χ0v) is 8.41. The molecule has 0 unspecified atom stereocenters. The summed E-state index contributed by atoms with van der Waals surface area (Å²) in [4.78, 5) is 19.5. The Kier molecular flexibility index (Phi) is 8.38. The van der Waals surface area contributed by atoms with Gasteiger partial charge < -0.3 is 24.9 Å². The molecule has 0 fully saturated rings. The van der Waals surface area contributed by atoms with Gasteiger partial charge in [-0.15, -0.1) is 0 Å². The Morgan fingerprint density at radius 2 is 2.00 bits per heavy atom. The summed E-state index contributed by atoms with van der Waals surface area (Å²) in [5, 5.41) is 26.8. The molecule has 90 valence electrons. The number of ether oxygens (including phenoxy) is 1. The Labute approximate surface area is 87.1 Å². The Morgan fingerprint density at radius 3 is 2.47 bits per heavy atom. The lowest BCUT2D eigenvalue weighted by Gasteiger charge is -2.20. The number of aliphatic hydroxyl groups excluding tert-OH is 3. The van der Waals surface area contributed by atoms with Gasteiger partial charge in [0.15, 0.2) is 12.4 Å². The molecule has 0 aliphatic rings. The van der Waals surface area contributed by atoms with Gasteiger partial charge in [-0.3, -0.25) is 0 Å². The highest BCUT2D eigenvalue weighted by atomic mass is 17.2. The highest BCUT2D eigenvalue weighted by Gasteiger charge is 2.27. The smallest absolute Gasteiger partial charge is 0.176 e. The maximum Gasteiger partial charge on any atom is 0.176 e. The molecule has 15 heavy (non-hydrogen) atoms. The van der Waals surface area contributed by atoms with Crippen molar-refractivity contribution in [2.24, 2.45) is 0 Å². The van der Waals surface area contributed by atoms with Gasteiger partial charge in [0.2, 0.25) is 0 Å². The molecule has 0 heterocycles. The van der Waals surface area contributed by atoms with Crippen molar-refractivity contribution >= 4 is 6.29 Å². The van der Waals surface area contributed by atoms with Gasteiger partial charge in [-0.2, -0.15) is 0 Å². The molecule has 0 aliphatic heterocycles. The molecule has 0 saturated carbocycles. The van der Waals surface area contributed by atoms with Crippen LogP contribution in [0.15, 0.2) is 0 Å². The first-order valence-corrected chi connectivity index (χ1v) is 4.36. The van der Waals surface area contributed by atoms with Gasteiger partial charge in [-0.1, -0.05) is 0 Å². The molecule has 0 radical (unpaired) electrons. The number of rotatable bonds is 9. The van der Waals surface area contributed by atoms with Gasteiger partial charge in [0.05, 0.1) is 13.2 Å². The average Bonchev–Trinajstić information content (AvgIpc) is 2.27. The molecule has 0 saturated heterocycles. The molecule has 0 aromatic carbocycles. The highest BCUT2D eigenvalue weighted by molar-refractivity contribution is 5.57. The van der Waals surface area contributed by atoms with Crippen LogP contribution in [0.5, 0.6) is 0 Å². The van der Waals surface area contributed by atoms with Crippen molar-refractivity contribution in [1.82, 2.24) is 0 Å². The third-order valence-corrected chi connectivity index (χ3v) is 1.60. The van der Waals surface area contributed by atoms with Gasteiger partial charge in [0.25, 0.3) is 0 Å². The number of aliphatic hydroxyl groups is 3. The number of hydrogen-bond donors (Lipinski definition) is 3. The summed E-state index contributed by atoms with van der Waals surface area (Å²) in [7, 11) is 1.46. The topological polar surface area (TPSA) is 105 Å². The van der Waals surface area contributed by atoms with E-state index in [4.69, 9.17) is 10.2 Å². The molecule has 3 N–H and O–H groups in total. The van der Waals surface area contributed by atoms with Crippen LogP contribution in [0.2, 0.25) is 0 Å². The third-order valence-electron chi connectivity index (χ3n) is 1.60. The van der Waals surface area contributed by atoms with E-state index >= 15 is 0 Å². The molecular weight excluding hydrogens is 208 g/mol. The molecule has 0 aliphatic carbocycles. The first kappa shape index (κ1) is 14.4. The van der Waals surface area contributed by atoms with Crippen molar-refractivity contribution < 1.29 is 34.6 Å². The van der Waals surface area contributed by atoms with Crippen LogP contribution >= 0.6 is 0 Å². The van der Waals surface area contributed by atoms with E-state index in [9.17, 15) is 9.90 Å². The van der Waals surface area contributed by atoms with Gasteiger partial charge in [-0.25, -0.2) is 9.78 Å². The summed E-state index contributed by atoms with van der Waals surface area (Å²) >= 11 is 0. The third kappa shape index (κ3) is 5.78. The lowest BCUT2D eigenvalue weighted by Crippen LogP contribution is -2.42. The lowest BCUT2D eigenvalue weighted by molar-refractivity contribution is -0.333. The van der Waals surface area contributed by atoms with Crippen molar-refractivity contribution in [2.45, 2.75) is 18.3 Å². The molecule has 3 atom stereocenters. The second kappa shape index (κ2) is 8.72. The van der Waals surface area contributed by atoms with Crippen LogP contribution in [0.25, 0.3) is 0 Å². The Bertz CT molecular complexity index is 163. The summed E-state index contributed by atoms with van der Waals surface area (Å²) in [5.41, 5.74) is 0. The van der Waals surface area contributed by atoms with E-state index in [1.807, 2.05) is 0 Å². The Morgan fingerprint density at radius 1 is 1.33 bits per heavy atom. The maximum atomic E-state index is 10.4. The average molecular weight is 224 g/mol. The number of carbonyl (C=O) groups is 1. The summed E-state index contributed by atoms with van der Waals surface area (Å²) in [5.74, 6) is 0. The normalized spacial score (nSPS) is 17.1. The summed E-state index contributed by atoms with van der Waals surface area (Å²) < 4.78 is 4.64. The summed E-state index contributed by atoms with van der Waals surface area (Å²) in [6.45, 7) is -0.320. The van der Waals surface area contributed by atoms with E-state index in [0.29, 0.717) is 0 Å². The quantitative estimate of drug-likeness (QED) is 0.178. The van der Waals surface area contributed by atoms with Gasteiger partial charge >= 0.3 is 0 Å². The van der Waals surface area contributed by atoms with Crippen LogP contribution in [0.1, 0.15) is 0 Å². The van der Waals surface area contributed by atoms with E-state index < -0.39 is 24.9 Å². The monoisotopic (exact) mass is 224 g/mol. The van der Waals surface area contributed by atoms with Crippen molar-refractivity contribution in [3.63, 3.8) is 0 Å². The van der Waals surface area contributed by atoms with Crippen LogP contribution in [-0.2, 0) is 19.3 Å². The number of carbonyl (C=O) groups excluding carboxylic acids is 1. The fraction of sp³-hybridized carbons (Fsp3) is 0.875. The number of hydrogen-bond acceptors (Lipinski definition) is 7. The number of methoxy groups -OCH3 is 1. The van der Waals surface area contributed by atoms with E-state index in [0.717, 1.165) is 0 Å². The zero-order valence-electron chi connectivity index (χ0n) is 8.41. The van der Waals surface area contributed by atoms with Crippen molar-refractivity contribution in [1.29, 1.82) is 0 Å². The summed E-state index contributed by atoms with van der Waals surface area (Å²) in [6.07, 6.45) is -4.05. The largest absolute Gasteiger partial charge is 0.394 e. The minimum absolute atomic E-state index is 0.0861. The molecule has 7 heteroatoms. The van der Waals surface area contributed by atoms with Gasteiger partial charge in [0.1, 0.15) is 18.8 Å². The minimum atomic E-state index is -1.53. The Balaban J connectivity index is 3.85. The first-order valence-electron chi connectivity index (χ1n) is 4.36. The molecule has 0 spiro atoms. The van der Waals surface area contributed by atoms with Crippen LogP contribution in [0.4, 0.5) is 0 Å². The SMILES string of the molecule is COCCOO[C@@H](C=O)[C@H](O)[C@H](O)CO. The van der Waals surface area contributed by atoms with E-state index in [1.165, 1.54) is 7.11 Å². The van der Waals surface area contributed by atoms with Crippen LogP contribution in [0.3, 0.4) is 0 Å². The van der Waals surface area contributed by atoms with Crippen molar-refractivity contribution in [3.05, 3.63) is 0 Å². The van der Waals surface area contributed by atoms with Crippen LogP contribution in [-0.4, -0.2) is 66.8 Å². The van der Waals surface area contributed by atoms with E-state index in [-0.39, 0.29) is 19.5 Å². The molecule has 0 rings (SSSR count). The molecule has 0 aromatic rings. The van der Waals surface area contributed by atoms with E-state index in [1.54, 1.807) is 0 Å². The van der Waals surface area contributed by atoms with Gasteiger partial charge in [-0.05, 0) is 0 Å². The first-order chi connectivity index (χ1) is 7.17. The van der Waals surface area contributed by atoms with Crippen molar-refractivity contribution in [3.8, 4) is 0 Å². The lowest BCUT2D eigenvalue weighted by atomic mass is 10.1. The Hall–Kier alpha value is -0.570. The molecule has 0 aromatic heterocycles. The second-order valence-electron chi connectivity index (χ2n) is 2.75. The van der Waals surface area contributed by atoms with Crippen LogP contribution < -0.4 is 0 Å². The second-order valence-corrected chi connectivity index (χ2v) is 2.75. The minimum Gasteiger partial charge on any atom is -0.394 e. The summed E-state index contributed by atoms with van der Waals surface area (Å²) in [6, 6.07) is 0. The zero-order chi connectivity index (χ0) is 11.7. The fourth-order valence-electron chi connectivity index (χ4n) is 0.731. The van der Waals surface area contributed by atoms with Crippen molar-refractivity contribution in [2.75, 3.05) is 26.9 Å².